The van der Waals surface area contributed by atoms with Gasteiger partial charge in [0.05, 0.1) is 18.3 Å². The molecule has 1 atom stereocenters. The monoisotopic (exact) mass is 391 g/mol. The van der Waals surface area contributed by atoms with Crippen molar-refractivity contribution < 1.29 is 9.50 Å². The first kappa shape index (κ1) is 19.1. The Balaban J connectivity index is 1.68. The third-order valence-corrected chi connectivity index (χ3v) is 5.35. The van der Waals surface area contributed by atoms with Crippen molar-refractivity contribution >= 4 is 5.52 Å². The van der Waals surface area contributed by atoms with E-state index in [1.807, 2.05) is 32.9 Å². The average molecular weight is 391 g/mol. The Morgan fingerprint density at radius 2 is 1.69 bits per heavy atom. The molecule has 29 heavy (non-hydrogen) atoms. The predicted octanol–water partition coefficient (Wildman–Crippen LogP) is 3.96. The van der Waals surface area contributed by atoms with Crippen molar-refractivity contribution in [1.82, 2.24) is 14.2 Å². The number of hydrogen-bond acceptors (Lipinski definition) is 3. The summed E-state index contributed by atoms with van der Waals surface area (Å²) in [5.74, 6) is -0.324. The lowest BCUT2D eigenvalue weighted by molar-refractivity contribution is 0.154. The number of benzene rings is 2. The lowest BCUT2D eigenvalue weighted by Gasteiger charge is -2.17. The zero-order valence-corrected chi connectivity index (χ0v) is 16.6. The number of fused-ring (bicyclic) bond motifs is 1. The number of nitrogens with zero attached hydrogens (tertiary/aromatic N) is 3. The Labute approximate surface area is 167 Å². The zero-order valence-electron chi connectivity index (χ0n) is 16.6. The predicted molar refractivity (Wildman–Crippen MR) is 110 cm³/mol. The summed E-state index contributed by atoms with van der Waals surface area (Å²) < 4.78 is 16.2. The minimum atomic E-state index is -0.797. The normalized spacial score (nSPS) is 12.4. The van der Waals surface area contributed by atoms with Crippen LogP contribution in [0, 0.1) is 26.6 Å². The quantitative estimate of drug-likeness (QED) is 0.573. The van der Waals surface area contributed by atoms with Crippen molar-refractivity contribution in [3.05, 3.63) is 93.3 Å². The standard InChI is InChI=1S/C23H22FN3O2/c1-14-10-16(3)19(11-15(14)2)22(28)13-26-8-9-27-21(23(26)29)12-20(25-27)17-4-6-18(24)7-5-17/h4-12,22,28H,13H2,1-3H3. The summed E-state index contributed by atoms with van der Waals surface area (Å²) in [7, 11) is 0. The Bertz CT molecular complexity index is 1260. The van der Waals surface area contributed by atoms with Crippen LogP contribution in [0.5, 0.6) is 0 Å². The van der Waals surface area contributed by atoms with Crippen LogP contribution in [0.25, 0.3) is 16.8 Å². The van der Waals surface area contributed by atoms with Gasteiger partial charge in [0.2, 0.25) is 0 Å². The first-order chi connectivity index (χ1) is 13.8. The highest BCUT2D eigenvalue weighted by Gasteiger charge is 2.15. The molecule has 0 radical (unpaired) electrons. The Morgan fingerprint density at radius 1 is 1.00 bits per heavy atom. The lowest BCUT2D eigenvalue weighted by atomic mass is 9.97. The van der Waals surface area contributed by atoms with Crippen LogP contribution in [-0.2, 0) is 6.54 Å². The van der Waals surface area contributed by atoms with Crippen LogP contribution in [-0.4, -0.2) is 19.3 Å². The van der Waals surface area contributed by atoms with E-state index in [0.29, 0.717) is 11.2 Å². The van der Waals surface area contributed by atoms with E-state index < -0.39 is 6.10 Å². The van der Waals surface area contributed by atoms with Crippen LogP contribution in [0.1, 0.15) is 28.4 Å². The molecular formula is C23H22FN3O2. The van der Waals surface area contributed by atoms with E-state index in [-0.39, 0.29) is 17.9 Å². The van der Waals surface area contributed by atoms with Crippen molar-refractivity contribution in [3.63, 3.8) is 0 Å². The Morgan fingerprint density at radius 3 is 2.41 bits per heavy atom. The second-order valence-electron chi connectivity index (χ2n) is 7.43. The molecule has 6 heteroatoms. The van der Waals surface area contributed by atoms with Gasteiger partial charge < -0.3 is 9.67 Å². The molecule has 4 rings (SSSR count). The molecule has 0 aliphatic heterocycles. The van der Waals surface area contributed by atoms with E-state index >= 15 is 0 Å². The molecule has 0 aliphatic carbocycles. The van der Waals surface area contributed by atoms with E-state index in [4.69, 9.17) is 0 Å². The molecule has 0 saturated heterocycles. The lowest BCUT2D eigenvalue weighted by Crippen LogP contribution is -2.24. The van der Waals surface area contributed by atoms with Gasteiger partial charge in [0, 0.05) is 18.0 Å². The van der Waals surface area contributed by atoms with Gasteiger partial charge in [-0.1, -0.05) is 12.1 Å². The summed E-state index contributed by atoms with van der Waals surface area (Å²) in [6.07, 6.45) is 2.51. The summed E-state index contributed by atoms with van der Waals surface area (Å²) >= 11 is 0. The van der Waals surface area contributed by atoms with Crippen LogP contribution in [0.2, 0.25) is 0 Å². The SMILES string of the molecule is Cc1cc(C)c(C(O)Cn2ccn3nc(-c4ccc(F)cc4)cc3c2=O)cc1C. The van der Waals surface area contributed by atoms with Crippen molar-refractivity contribution in [2.75, 3.05) is 0 Å². The molecule has 0 saturated carbocycles. The number of aliphatic hydroxyl groups excluding tert-OH is 1. The molecule has 0 spiro atoms. The van der Waals surface area contributed by atoms with E-state index in [9.17, 15) is 14.3 Å². The molecule has 0 fully saturated rings. The Kier molecular flexibility index (Phi) is 4.80. The summed E-state index contributed by atoms with van der Waals surface area (Å²) in [4.78, 5) is 12.9. The number of rotatable bonds is 4. The molecule has 1 unspecified atom stereocenters. The fraction of sp³-hybridized carbons (Fsp3) is 0.217. The smallest absolute Gasteiger partial charge is 0.276 e. The van der Waals surface area contributed by atoms with E-state index in [1.165, 1.54) is 26.8 Å². The van der Waals surface area contributed by atoms with E-state index in [1.54, 1.807) is 30.6 Å². The van der Waals surface area contributed by atoms with Crippen molar-refractivity contribution in [3.8, 4) is 11.3 Å². The molecule has 2 aromatic heterocycles. The molecule has 0 aliphatic rings. The Hall–Kier alpha value is -3.25. The zero-order chi connectivity index (χ0) is 20.7. The third kappa shape index (κ3) is 3.59. The van der Waals surface area contributed by atoms with Crippen LogP contribution < -0.4 is 5.56 Å². The first-order valence-electron chi connectivity index (χ1n) is 9.44. The van der Waals surface area contributed by atoms with Crippen LogP contribution in [0.4, 0.5) is 4.39 Å². The summed E-state index contributed by atoms with van der Waals surface area (Å²) in [6.45, 7) is 6.15. The summed E-state index contributed by atoms with van der Waals surface area (Å²) in [5, 5.41) is 15.2. The fourth-order valence-electron chi connectivity index (χ4n) is 3.56. The van der Waals surface area contributed by atoms with Crippen molar-refractivity contribution in [1.29, 1.82) is 0 Å². The molecule has 0 bridgehead atoms. The highest BCUT2D eigenvalue weighted by molar-refractivity contribution is 5.65. The third-order valence-electron chi connectivity index (χ3n) is 5.35. The molecule has 148 valence electrons. The molecule has 5 nitrogen and oxygen atoms in total. The van der Waals surface area contributed by atoms with Gasteiger partial charge in [-0.2, -0.15) is 5.10 Å². The number of halogens is 1. The van der Waals surface area contributed by atoms with Crippen molar-refractivity contribution in [2.45, 2.75) is 33.4 Å². The molecule has 2 aromatic carbocycles. The largest absolute Gasteiger partial charge is 0.387 e. The van der Waals surface area contributed by atoms with Gasteiger partial charge in [0.25, 0.3) is 5.56 Å². The van der Waals surface area contributed by atoms with Gasteiger partial charge in [-0.05, 0) is 73.4 Å². The molecule has 1 N–H and O–H groups in total. The number of hydrogen-bond donors (Lipinski definition) is 1. The number of aromatic nitrogens is 3. The highest BCUT2D eigenvalue weighted by Crippen LogP contribution is 2.23. The van der Waals surface area contributed by atoms with E-state index in [0.717, 1.165) is 22.3 Å². The maximum Gasteiger partial charge on any atom is 0.276 e. The van der Waals surface area contributed by atoms with Gasteiger partial charge in [0.1, 0.15) is 11.3 Å². The summed E-state index contributed by atoms with van der Waals surface area (Å²) in [6, 6.07) is 11.7. The van der Waals surface area contributed by atoms with Crippen LogP contribution >= 0.6 is 0 Å². The number of aryl methyl sites for hydroxylation is 3. The second kappa shape index (κ2) is 7.29. The van der Waals surface area contributed by atoms with Gasteiger partial charge in [-0.25, -0.2) is 8.91 Å². The maximum absolute atomic E-state index is 13.2. The van der Waals surface area contributed by atoms with Gasteiger partial charge in [-0.15, -0.1) is 0 Å². The molecule has 0 amide bonds. The molecular weight excluding hydrogens is 369 g/mol. The van der Waals surface area contributed by atoms with E-state index in [2.05, 4.69) is 5.10 Å². The van der Waals surface area contributed by atoms with Gasteiger partial charge in [-0.3, -0.25) is 4.79 Å². The first-order valence-corrected chi connectivity index (χ1v) is 9.44. The topological polar surface area (TPSA) is 59.5 Å². The number of aliphatic hydroxyl groups is 1. The summed E-state index contributed by atoms with van der Waals surface area (Å²) in [5.41, 5.74) is 5.57. The van der Waals surface area contributed by atoms with Crippen LogP contribution in [0.15, 0.2) is 59.7 Å². The maximum atomic E-state index is 13.2. The van der Waals surface area contributed by atoms with Gasteiger partial charge >= 0.3 is 0 Å². The van der Waals surface area contributed by atoms with Crippen molar-refractivity contribution in [2.24, 2.45) is 0 Å². The minimum absolute atomic E-state index is 0.149. The molecule has 4 aromatic rings. The van der Waals surface area contributed by atoms with Crippen LogP contribution in [0.3, 0.4) is 0 Å². The minimum Gasteiger partial charge on any atom is -0.387 e. The fourth-order valence-corrected chi connectivity index (χ4v) is 3.56. The second-order valence-corrected chi connectivity index (χ2v) is 7.43. The average Bonchev–Trinajstić information content (AvgIpc) is 3.12. The molecule has 2 heterocycles. The highest BCUT2D eigenvalue weighted by atomic mass is 19.1. The van der Waals surface area contributed by atoms with Gasteiger partial charge in [0.15, 0.2) is 0 Å².